The van der Waals surface area contributed by atoms with Crippen LogP contribution in [0.3, 0.4) is 0 Å². The van der Waals surface area contributed by atoms with E-state index in [1.54, 1.807) is 6.92 Å². The van der Waals surface area contributed by atoms with Gasteiger partial charge in [-0.25, -0.2) is 0 Å². The van der Waals surface area contributed by atoms with Crippen molar-refractivity contribution >= 4 is 16.1 Å². The van der Waals surface area contributed by atoms with Gasteiger partial charge in [0.25, 0.3) is 10.1 Å². The molecule has 0 saturated carbocycles. The first-order valence-corrected chi connectivity index (χ1v) is 5.89. The molecule has 14 heavy (non-hydrogen) atoms. The molecule has 0 radical (unpaired) electrons. The zero-order valence-corrected chi connectivity index (χ0v) is 8.75. The molecule has 6 nitrogen and oxygen atoms in total. The van der Waals surface area contributed by atoms with Crippen LogP contribution in [0.4, 0.5) is 0 Å². The van der Waals surface area contributed by atoms with Gasteiger partial charge in [-0.15, -0.1) is 0 Å². The van der Waals surface area contributed by atoms with Crippen molar-refractivity contribution in [2.75, 3.05) is 12.3 Å². The molecule has 0 heterocycles. The SMILES string of the molecule is CCC(NCCCS(=O)(=O)O)C(=O)O. The van der Waals surface area contributed by atoms with Gasteiger partial charge in [-0.3, -0.25) is 9.35 Å². The van der Waals surface area contributed by atoms with Crippen LogP contribution in [-0.2, 0) is 14.9 Å². The number of aliphatic carboxylic acids is 1. The van der Waals surface area contributed by atoms with Crippen LogP contribution in [0.25, 0.3) is 0 Å². The fourth-order valence-electron chi connectivity index (χ4n) is 0.937. The molecule has 0 fully saturated rings. The van der Waals surface area contributed by atoms with E-state index in [9.17, 15) is 13.2 Å². The molecule has 0 rings (SSSR count). The van der Waals surface area contributed by atoms with Crippen molar-refractivity contribution in [3.05, 3.63) is 0 Å². The van der Waals surface area contributed by atoms with E-state index in [0.717, 1.165) is 0 Å². The minimum atomic E-state index is -3.94. The van der Waals surface area contributed by atoms with Crippen LogP contribution in [0, 0.1) is 0 Å². The van der Waals surface area contributed by atoms with Crippen molar-refractivity contribution in [3.63, 3.8) is 0 Å². The van der Waals surface area contributed by atoms with E-state index in [2.05, 4.69) is 5.32 Å². The molecule has 1 atom stereocenters. The van der Waals surface area contributed by atoms with Gasteiger partial charge in [0, 0.05) is 0 Å². The van der Waals surface area contributed by atoms with E-state index < -0.39 is 22.1 Å². The fourth-order valence-corrected chi connectivity index (χ4v) is 1.45. The van der Waals surface area contributed by atoms with Crippen LogP contribution in [0.15, 0.2) is 0 Å². The molecule has 7 heteroatoms. The standard InChI is InChI=1S/C7H15NO5S/c1-2-6(7(9)10)8-4-3-5-14(11,12)13/h6,8H,2-5H2,1H3,(H,9,10)(H,11,12,13). The maximum absolute atomic E-state index is 10.5. The maximum Gasteiger partial charge on any atom is 0.320 e. The van der Waals surface area contributed by atoms with E-state index in [4.69, 9.17) is 9.66 Å². The zero-order valence-electron chi connectivity index (χ0n) is 7.93. The second-order valence-electron chi connectivity index (χ2n) is 2.89. The zero-order chi connectivity index (χ0) is 11.2. The van der Waals surface area contributed by atoms with Crippen LogP contribution < -0.4 is 5.32 Å². The van der Waals surface area contributed by atoms with Crippen molar-refractivity contribution in [1.29, 1.82) is 0 Å². The van der Waals surface area contributed by atoms with E-state index in [-0.39, 0.29) is 18.7 Å². The highest BCUT2D eigenvalue weighted by molar-refractivity contribution is 7.85. The number of hydrogen-bond acceptors (Lipinski definition) is 4. The third-order valence-electron chi connectivity index (χ3n) is 1.68. The first-order chi connectivity index (χ1) is 6.37. The van der Waals surface area contributed by atoms with E-state index in [1.807, 2.05) is 0 Å². The lowest BCUT2D eigenvalue weighted by Gasteiger charge is -2.10. The Morgan fingerprint density at radius 3 is 2.43 bits per heavy atom. The Bertz CT molecular complexity index is 274. The van der Waals surface area contributed by atoms with Gasteiger partial charge in [-0.2, -0.15) is 8.42 Å². The van der Waals surface area contributed by atoms with Gasteiger partial charge < -0.3 is 10.4 Å². The molecule has 84 valence electrons. The summed E-state index contributed by atoms with van der Waals surface area (Å²) >= 11 is 0. The van der Waals surface area contributed by atoms with Gasteiger partial charge in [-0.1, -0.05) is 6.92 Å². The summed E-state index contributed by atoms with van der Waals surface area (Å²) < 4.78 is 29.0. The van der Waals surface area contributed by atoms with Crippen LogP contribution >= 0.6 is 0 Å². The van der Waals surface area contributed by atoms with Crippen molar-refractivity contribution in [2.45, 2.75) is 25.8 Å². The maximum atomic E-state index is 10.5. The lowest BCUT2D eigenvalue weighted by Crippen LogP contribution is -2.37. The highest BCUT2D eigenvalue weighted by atomic mass is 32.2. The van der Waals surface area contributed by atoms with Crippen molar-refractivity contribution < 1.29 is 22.9 Å². The Kier molecular flexibility index (Phi) is 5.66. The van der Waals surface area contributed by atoms with Gasteiger partial charge in [-0.05, 0) is 19.4 Å². The summed E-state index contributed by atoms with van der Waals surface area (Å²) in [5, 5.41) is 11.3. The lowest BCUT2D eigenvalue weighted by molar-refractivity contribution is -0.139. The Labute approximate surface area is 83.1 Å². The summed E-state index contributed by atoms with van der Waals surface area (Å²) in [4.78, 5) is 10.5. The van der Waals surface area contributed by atoms with Crippen LogP contribution in [0.2, 0.25) is 0 Å². The summed E-state index contributed by atoms with van der Waals surface area (Å²) in [7, 11) is -3.94. The highest BCUT2D eigenvalue weighted by Crippen LogP contribution is 1.92. The number of carbonyl (C=O) groups is 1. The molecule has 0 bridgehead atoms. The minimum absolute atomic E-state index is 0.197. The predicted molar refractivity (Wildman–Crippen MR) is 50.8 cm³/mol. The Balaban J connectivity index is 3.68. The average Bonchev–Trinajstić information content (AvgIpc) is 2.01. The summed E-state index contributed by atoms with van der Waals surface area (Å²) in [6.07, 6.45) is 0.629. The Morgan fingerprint density at radius 2 is 2.07 bits per heavy atom. The van der Waals surface area contributed by atoms with Gasteiger partial charge in [0.2, 0.25) is 0 Å². The Hall–Kier alpha value is -0.660. The van der Waals surface area contributed by atoms with Crippen molar-refractivity contribution in [1.82, 2.24) is 5.32 Å². The van der Waals surface area contributed by atoms with Crippen LogP contribution in [0.1, 0.15) is 19.8 Å². The molecule has 0 aromatic carbocycles. The largest absolute Gasteiger partial charge is 0.480 e. The predicted octanol–water partition coefficient (Wildman–Crippen LogP) is -0.283. The third-order valence-corrected chi connectivity index (χ3v) is 2.48. The number of carboxylic acid groups (broad SMARTS) is 1. The number of carboxylic acids is 1. The molecule has 0 aliphatic rings. The summed E-state index contributed by atoms with van der Waals surface area (Å²) in [5.74, 6) is -1.31. The Morgan fingerprint density at radius 1 is 1.50 bits per heavy atom. The van der Waals surface area contributed by atoms with Crippen LogP contribution in [0.5, 0.6) is 0 Å². The molecular weight excluding hydrogens is 210 g/mol. The molecule has 0 aromatic rings. The van der Waals surface area contributed by atoms with Gasteiger partial charge >= 0.3 is 5.97 Å². The van der Waals surface area contributed by atoms with E-state index in [1.165, 1.54) is 0 Å². The lowest BCUT2D eigenvalue weighted by atomic mass is 10.2. The summed E-state index contributed by atoms with van der Waals surface area (Å²) in [6, 6.07) is -0.656. The first kappa shape index (κ1) is 13.3. The second kappa shape index (κ2) is 5.94. The minimum Gasteiger partial charge on any atom is -0.480 e. The number of nitrogens with one attached hydrogen (secondary N) is 1. The highest BCUT2D eigenvalue weighted by Gasteiger charge is 2.13. The smallest absolute Gasteiger partial charge is 0.320 e. The molecule has 0 aliphatic carbocycles. The monoisotopic (exact) mass is 225 g/mol. The molecule has 0 amide bonds. The first-order valence-electron chi connectivity index (χ1n) is 4.28. The average molecular weight is 225 g/mol. The number of rotatable bonds is 7. The van der Waals surface area contributed by atoms with Gasteiger partial charge in [0.05, 0.1) is 5.75 Å². The molecule has 0 aliphatic heterocycles. The normalized spacial score (nSPS) is 13.9. The van der Waals surface area contributed by atoms with Gasteiger partial charge in [0.1, 0.15) is 6.04 Å². The van der Waals surface area contributed by atoms with Crippen molar-refractivity contribution in [3.8, 4) is 0 Å². The molecule has 0 saturated heterocycles. The summed E-state index contributed by atoms with van der Waals surface area (Å²) in [5.41, 5.74) is 0. The summed E-state index contributed by atoms with van der Waals surface area (Å²) in [6.45, 7) is 1.97. The molecule has 0 spiro atoms. The molecular formula is C7H15NO5S. The second-order valence-corrected chi connectivity index (χ2v) is 4.46. The number of hydrogen-bond donors (Lipinski definition) is 3. The topological polar surface area (TPSA) is 104 Å². The van der Waals surface area contributed by atoms with E-state index >= 15 is 0 Å². The quantitative estimate of drug-likeness (QED) is 0.406. The van der Waals surface area contributed by atoms with Crippen LogP contribution in [-0.4, -0.2) is 42.4 Å². The van der Waals surface area contributed by atoms with Crippen molar-refractivity contribution in [2.24, 2.45) is 0 Å². The molecule has 3 N–H and O–H groups in total. The molecule has 0 aromatic heterocycles. The fraction of sp³-hybridized carbons (Fsp3) is 0.857. The van der Waals surface area contributed by atoms with E-state index in [0.29, 0.717) is 6.42 Å². The van der Waals surface area contributed by atoms with Gasteiger partial charge in [0.15, 0.2) is 0 Å². The molecule has 1 unspecified atom stereocenters. The third kappa shape index (κ3) is 6.81.